The summed E-state index contributed by atoms with van der Waals surface area (Å²) in [5.74, 6) is 0.990. The van der Waals surface area contributed by atoms with Gasteiger partial charge in [0, 0.05) is 6.04 Å². The van der Waals surface area contributed by atoms with E-state index in [0.717, 1.165) is 5.56 Å². The van der Waals surface area contributed by atoms with Crippen molar-refractivity contribution in [1.82, 2.24) is 0 Å². The fourth-order valence-corrected chi connectivity index (χ4v) is 1.71. The maximum Gasteiger partial charge on any atom is 0.165 e. The second-order valence-corrected chi connectivity index (χ2v) is 5.21. The van der Waals surface area contributed by atoms with Gasteiger partial charge in [-0.3, -0.25) is 0 Å². The zero-order valence-corrected chi connectivity index (χ0v) is 11.7. The van der Waals surface area contributed by atoms with E-state index >= 15 is 0 Å². The van der Waals surface area contributed by atoms with Gasteiger partial charge in [-0.05, 0) is 42.4 Å². The second-order valence-electron chi connectivity index (χ2n) is 5.21. The topological polar surface area (TPSA) is 35.2 Å². The first kappa shape index (κ1) is 15.3. The standard InChI is InChI=1S/C14H20FNO.ClH/c1-9(2)14(16)11-5-6-12(15)13(7-11)17-8-10-3-4-10;/h5-7,9-10,14H,3-4,8,16H2,1-2H3;1H. The van der Waals surface area contributed by atoms with E-state index in [0.29, 0.717) is 24.2 Å². The molecule has 1 aliphatic carbocycles. The smallest absolute Gasteiger partial charge is 0.165 e. The molecule has 1 unspecified atom stereocenters. The minimum Gasteiger partial charge on any atom is -0.490 e. The summed E-state index contributed by atoms with van der Waals surface area (Å²) >= 11 is 0. The van der Waals surface area contributed by atoms with Crippen molar-refractivity contribution in [2.24, 2.45) is 17.6 Å². The monoisotopic (exact) mass is 273 g/mol. The van der Waals surface area contributed by atoms with Crippen LogP contribution < -0.4 is 10.5 Å². The van der Waals surface area contributed by atoms with Gasteiger partial charge in [0.2, 0.25) is 0 Å². The lowest BCUT2D eigenvalue weighted by Crippen LogP contribution is -2.17. The van der Waals surface area contributed by atoms with Gasteiger partial charge in [0.15, 0.2) is 11.6 Å². The van der Waals surface area contributed by atoms with Crippen molar-refractivity contribution < 1.29 is 9.13 Å². The van der Waals surface area contributed by atoms with Crippen LogP contribution in [0.3, 0.4) is 0 Å². The summed E-state index contributed by atoms with van der Waals surface area (Å²) in [7, 11) is 0. The van der Waals surface area contributed by atoms with Crippen molar-refractivity contribution in [2.45, 2.75) is 32.7 Å². The van der Waals surface area contributed by atoms with Crippen LogP contribution in [0.5, 0.6) is 5.75 Å². The molecule has 1 aliphatic rings. The van der Waals surface area contributed by atoms with Crippen LogP contribution in [-0.2, 0) is 0 Å². The number of rotatable bonds is 5. The Balaban J connectivity index is 0.00000162. The van der Waals surface area contributed by atoms with Gasteiger partial charge in [-0.25, -0.2) is 4.39 Å². The summed E-state index contributed by atoms with van der Waals surface area (Å²) in [5, 5.41) is 0. The SMILES string of the molecule is CC(C)C(N)c1ccc(F)c(OCC2CC2)c1.Cl. The first-order chi connectivity index (χ1) is 8.08. The van der Waals surface area contributed by atoms with E-state index in [1.54, 1.807) is 12.1 Å². The van der Waals surface area contributed by atoms with E-state index in [2.05, 4.69) is 13.8 Å². The van der Waals surface area contributed by atoms with Crippen LogP contribution in [0, 0.1) is 17.7 Å². The fraction of sp³-hybridized carbons (Fsp3) is 0.571. The molecule has 0 radical (unpaired) electrons. The highest BCUT2D eigenvalue weighted by molar-refractivity contribution is 5.85. The van der Waals surface area contributed by atoms with E-state index in [-0.39, 0.29) is 24.3 Å². The Hall–Kier alpha value is -0.800. The molecule has 2 N–H and O–H groups in total. The summed E-state index contributed by atoms with van der Waals surface area (Å²) in [6.07, 6.45) is 2.40. The van der Waals surface area contributed by atoms with E-state index in [9.17, 15) is 4.39 Å². The van der Waals surface area contributed by atoms with Crippen molar-refractivity contribution in [1.29, 1.82) is 0 Å². The molecule has 0 spiro atoms. The van der Waals surface area contributed by atoms with Crippen LogP contribution in [0.4, 0.5) is 4.39 Å². The Bertz CT molecular complexity index is 393. The Morgan fingerprint density at radius 3 is 2.61 bits per heavy atom. The number of benzene rings is 1. The van der Waals surface area contributed by atoms with Crippen LogP contribution in [0.25, 0.3) is 0 Å². The highest BCUT2D eigenvalue weighted by Gasteiger charge is 2.22. The van der Waals surface area contributed by atoms with Gasteiger partial charge in [-0.1, -0.05) is 19.9 Å². The van der Waals surface area contributed by atoms with Gasteiger partial charge < -0.3 is 10.5 Å². The van der Waals surface area contributed by atoms with E-state index in [1.807, 2.05) is 0 Å². The molecule has 2 rings (SSSR count). The molecule has 0 saturated heterocycles. The number of nitrogens with two attached hydrogens (primary N) is 1. The number of halogens is 2. The number of hydrogen-bond donors (Lipinski definition) is 1. The molecule has 0 bridgehead atoms. The Morgan fingerprint density at radius 1 is 1.39 bits per heavy atom. The third kappa shape index (κ3) is 3.85. The zero-order chi connectivity index (χ0) is 12.4. The van der Waals surface area contributed by atoms with Crippen molar-refractivity contribution in [2.75, 3.05) is 6.61 Å². The van der Waals surface area contributed by atoms with E-state index in [4.69, 9.17) is 10.5 Å². The van der Waals surface area contributed by atoms with E-state index in [1.165, 1.54) is 18.9 Å². The van der Waals surface area contributed by atoms with Crippen LogP contribution >= 0.6 is 12.4 Å². The lowest BCUT2D eigenvalue weighted by atomic mass is 9.97. The quantitative estimate of drug-likeness (QED) is 0.888. The van der Waals surface area contributed by atoms with Gasteiger partial charge in [0.25, 0.3) is 0 Å². The Morgan fingerprint density at radius 2 is 2.06 bits per heavy atom. The predicted molar refractivity (Wildman–Crippen MR) is 73.6 cm³/mol. The molecular weight excluding hydrogens is 253 g/mol. The third-order valence-electron chi connectivity index (χ3n) is 3.23. The number of ether oxygens (including phenoxy) is 1. The van der Waals surface area contributed by atoms with Crippen molar-refractivity contribution >= 4 is 12.4 Å². The summed E-state index contributed by atoms with van der Waals surface area (Å²) < 4.78 is 19.0. The first-order valence-electron chi connectivity index (χ1n) is 6.25. The molecule has 1 aromatic carbocycles. The normalized spacial score (nSPS) is 16.3. The molecule has 0 aliphatic heterocycles. The van der Waals surface area contributed by atoms with Gasteiger partial charge in [-0.15, -0.1) is 12.4 Å². The average Bonchev–Trinajstić information content (AvgIpc) is 3.11. The molecule has 102 valence electrons. The average molecular weight is 274 g/mol. The highest BCUT2D eigenvalue weighted by atomic mass is 35.5. The minimum absolute atomic E-state index is 0. The van der Waals surface area contributed by atoms with Gasteiger partial charge >= 0.3 is 0 Å². The van der Waals surface area contributed by atoms with Crippen LogP contribution in [0.2, 0.25) is 0 Å². The molecular formula is C14H21ClFNO. The van der Waals surface area contributed by atoms with Crippen molar-refractivity contribution in [3.05, 3.63) is 29.6 Å². The Kier molecular flexibility index (Phi) is 5.42. The first-order valence-corrected chi connectivity index (χ1v) is 6.25. The second kappa shape index (κ2) is 6.39. The van der Waals surface area contributed by atoms with Crippen molar-refractivity contribution in [3.8, 4) is 5.75 Å². The molecule has 1 atom stereocenters. The molecule has 1 aromatic rings. The van der Waals surface area contributed by atoms with Gasteiger partial charge in [0.1, 0.15) is 0 Å². The Labute approximate surface area is 114 Å². The number of hydrogen-bond acceptors (Lipinski definition) is 2. The van der Waals surface area contributed by atoms with Gasteiger partial charge in [0.05, 0.1) is 6.61 Å². The fourth-order valence-electron chi connectivity index (χ4n) is 1.71. The van der Waals surface area contributed by atoms with Crippen LogP contribution in [0.1, 0.15) is 38.3 Å². The molecule has 0 heterocycles. The largest absolute Gasteiger partial charge is 0.490 e. The molecule has 1 saturated carbocycles. The summed E-state index contributed by atoms with van der Waals surface area (Å²) in [4.78, 5) is 0. The molecule has 1 fully saturated rings. The lowest BCUT2D eigenvalue weighted by molar-refractivity contribution is 0.284. The summed E-state index contributed by atoms with van der Waals surface area (Å²) in [5.41, 5.74) is 6.98. The summed E-state index contributed by atoms with van der Waals surface area (Å²) in [6.45, 7) is 4.73. The molecule has 4 heteroatoms. The van der Waals surface area contributed by atoms with Crippen LogP contribution in [0.15, 0.2) is 18.2 Å². The van der Waals surface area contributed by atoms with E-state index < -0.39 is 0 Å². The molecule has 2 nitrogen and oxygen atoms in total. The minimum atomic E-state index is -0.301. The van der Waals surface area contributed by atoms with Crippen molar-refractivity contribution in [3.63, 3.8) is 0 Å². The third-order valence-corrected chi connectivity index (χ3v) is 3.23. The lowest BCUT2D eigenvalue weighted by Gasteiger charge is -2.17. The zero-order valence-electron chi connectivity index (χ0n) is 10.9. The molecule has 0 aromatic heterocycles. The maximum absolute atomic E-state index is 13.5. The molecule has 0 amide bonds. The van der Waals surface area contributed by atoms with Gasteiger partial charge in [-0.2, -0.15) is 0 Å². The predicted octanol–water partition coefficient (Wildman–Crippen LogP) is 3.69. The highest BCUT2D eigenvalue weighted by Crippen LogP contribution is 2.31. The van der Waals surface area contributed by atoms with Crippen LogP contribution in [-0.4, -0.2) is 6.61 Å². The summed E-state index contributed by atoms with van der Waals surface area (Å²) in [6, 6.07) is 4.85. The maximum atomic E-state index is 13.5. The molecule has 18 heavy (non-hydrogen) atoms.